The molecule has 9 nitrogen and oxygen atoms in total. The molecule has 2 saturated heterocycles. The highest BCUT2D eigenvalue weighted by molar-refractivity contribution is 7.89. The van der Waals surface area contributed by atoms with Crippen molar-refractivity contribution in [3.8, 4) is 16.9 Å². The summed E-state index contributed by atoms with van der Waals surface area (Å²) in [6, 6.07) is 15.6. The van der Waals surface area contributed by atoms with Crippen LogP contribution in [0, 0.1) is 11.8 Å². The lowest BCUT2D eigenvalue weighted by molar-refractivity contribution is -0.192. The number of aliphatic carboxylic acids is 1. The van der Waals surface area contributed by atoms with E-state index in [2.05, 4.69) is 10.0 Å². The zero-order valence-corrected chi connectivity index (χ0v) is 29.5. The molecular formula is C36H39ClF5N3O6S. The summed E-state index contributed by atoms with van der Waals surface area (Å²) in [5.41, 5.74) is 0.999. The Morgan fingerprint density at radius 2 is 1.46 bits per heavy atom. The van der Waals surface area contributed by atoms with Gasteiger partial charge in [-0.25, -0.2) is 13.2 Å². The lowest BCUT2D eigenvalue weighted by atomic mass is 9.90. The fraction of sp³-hybridized carbons (Fsp3) is 0.444. The van der Waals surface area contributed by atoms with E-state index in [4.69, 9.17) is 26.2 Å². The van der Waals surface area contributed by atoms with Gasteiger partial charge in [0, 0.05) is 36.3 Å². The molecule has 282 valence electrons. The van der Waals surface area contributed by atoms with Crippen molar-refractivity contribution in [2.24, 2.45) is 11.8 Å². The van der Waals surface area contributed by atoms with E-state index >= 15 is 8.78 Å². The number of rotatable bonds is 10. The van der Waals surface area contributed by atoms with Crippen molar-refractivity contribution in [1.29, 1.82) is 0 Å². The van der Waals surface area contributed by atoms with Crippen LogP contribution in [0.1, 0.15) is 44.1 Å². The molecule has 1 aliphatic carbocycles. The van der Waals surface area contributed by atoms with Crippen LogP contribution >= 0.6 is 11.6 Å². The first kappa shape index (κ1) is 39.4. The molecule has 0 radical (unpaired) electrons. The molecule has 16 heteroatoms. The average Bonchev–Trinajstić information content (AvgIpc) is 3.75. The van der Waals surface area contributed by atoms with Crippen LogP contribution in [0.4, 0.5) is 22.0 Å². The molecule has 3 aromatic carbocycles. The number of amides is 1. The third-order valence-corrected chi connectivity index (χ3v) is 11.3. The van der Waals surface area contributed by atoms with Crippen molar-refractivity contribution in [2.45, 2.75) is 67.6 Å². The minimum absolute atomic E-state index is 0.152. The van der Waals surface area contributed by atoms with Crippen LogP contribution in [0.2, 0.25) is 5.02 Å². The van der Waals surface area contributed by atoms with Crippen LogP contribution in [0.15, 0.2) is 77.7 Å². The number of nitrogens with one attached hydrogen (secondary N) is 2. The second kappa shape index (κ2) is 16.5. The Morgan fingerprint density at radius 1 is 0.885 bits per heavy atom. The minimum atomic E-state index is -5.08. The normalized spacial score (nSPS) is 20.1. The lowest BCUT2D eigenvalue weighted by Gasteiger charge is -2.33. The van der Waals surface area contributed by atoms with Gasteiger partial charge in [0.05, 0.1) is 11.5 Å². The van der Waals surface area contributed by atoms with Crippen molar-refractivity contribution >= 4 is 33.5 Å². The van der Waals surface area contributed by atoms with Crippen LogP contribution in [-0.2, 0) is 25.5 Å². The van der Waals surface area contributed by atoms with Gasteiger partial charge in [-0.1, -0.05) is 67.3 Å². The van der Waals surface area contributed by atoms with Gasteiger partial charge in [0.2, 0.25) is 15.9 Å². The molecule has 3 aliphatic rings. The molecule has 3 atom stereocenters. The van der Waals surface area contributed by atoms with Crippen LogP contribution in [0.25, 0.3) is 11.1 Å². The largest absolute Gasteiger partial charge is 0.493 e. The Balaban J connectivity index is 0.000000679. The first-order chi connectivity index (χ1) is 24.6. The number of hydrogen-bond donors (Lipinski definition) is 3. The van der Waals surface area contributed by atoms with E-state index in [-0.39, 0.29) is 16.9 Å². The standard InChI is InChI=1S/C34H38ClF2N3O4S.C2HF3O2/c35-28-12-8-25(9-13-28)24-6-10-27(11-7-24)34(36,37)32(33(41)40-19-18-26-20-38-21-31(26)40)39-45(42,43)30-16-14-29(15-17-30)44-22-23-4-2-1-3-5-23;3-2(4,5)1(6)7/h6-17,23,26,31-32,38-39H,1-5,18-22H2;(H,6,7)/t26-,31+,32-;/m1./s1. The quantitative estimate of drug-likeness (QED) is 0.193. The number of carboxylic acid groups (broad SMARTS) is 1. The Bertz CT molecular complexity index is 1790. The molecule has 2 aliphatic heterocycles. The summed E-state index contributed by atoms with van der Waals surface area (Å²) in [6.07, 6.45) is 1.42. The predicted octanol–water partition coefficient (Wildman–Crippen LogP) is 6.86. The summed E-state index contributed by atoms with van der Waals surface area (Å²) in [5, 5.41) is 10.9. The topological polar surface area (TPSA) is 125 Å². The molecule has 2 heterocycles. The maximum absolute atomic E-state index is 16.4. The molecule has 0 bridgehead atoms. The highest BCUT2D eigenvalue weighted by atomic mass is 35.5. The van der Waals surface area contributed by atoms with E-state index in [9.17, 15) is 26.4 Å². The zero-order chi connectivity index (χ0) is 37.7. The molecule has 52 heavy (non-hydrogen) atoms. The van der Waals surface area contributed by atoms with E-state index in [1.54, 1.807) is 24.3 Å². The fourth-order valence-electron chi connectivity index (χ4n) is 6.77. The number of halogens is 6. The monoisotopic (exact) mass is 771 g/mol. The lowest BCUT2D eigenvalue weighted by Crippen LogP contribution is -2.57. The molecule has 3 aromatic rings. The minimum Gasteiger partial charge on any atom is -0.493 e. The average molecular weight is 772 g/mol. The van der Waals surface area contributed by atoms with Crippen LogP contribution in [0.3, 0.4) is 0 Å². The number of nitrogens with zero attached hydrogens (tertiary/aromatic N) is 1. The van der Waals surface area contributed by atoms with Gasteiger partial charge in [0.1, 0.15) is 5.75 Å². The number of hydrogen-bond acceptors (Lipinski definition) is 6. The van der Waals surface area contributed by atoms with Crippen molar-refractivity contribution in [2.75, 3.05) is 26.2 Å². The summed E-state index contributed by atoms with van der Waals surface area (Å²) < 4.78 is 99.7. The molecule has 0 unspecified atom stereocenters. The molecule has 1 amide bonds. The number of likely N-dealkylation sites (tertiary alicyclic amines) is 1. The molecule has 3 N–H and O–H groups in total. The Hall–Kier alpha value is -3.79. The Morgan fingerprint density at radius 3 is 2.04 bits per heavy atom. The maximum Gasteiger partial charge on any atom is 0.490 e. The summed E-state index contributed by atoms with van der Waals surface area (Å²) >= 11 is 5.98. The Labute approximate surface area is 303 Å². The number of alkyl halides is 5. The third-order valence-electron chi connectivity index (χ3n) is 9.65. The van der Waals surface area contributed by atoms with Crippen molar-refractivity contribution in [3.05, 3.63) is 83.4 Å². The first-order valence-corrected chi connectivity index (χ1v) is 18.7. The number of fused-ring (bicyclic) bond motifs is 1. The van der Waals surface area contributed by atoms with E-state index in [1.807, 2.05) is 0 Å². The molecule has 3 fully saturated rings. The van der Waals surface area contributed by atoms with Gasteiger partial charge in [0.25, 0.3) is 5.92 Å². The molecule has 6 rings (SSSR count). The molecule has 0 spiro atoms. The van der Waals surface area contributed by atoms with Gasteiger partial charge >= 0.3 is 12.1 Å². The van der Waals surface area contributed by atoms with Crippen molar-refractivity contribution < 1.29 is 49.8 Å². The van der Waals surface area contributed by atoms with Gasteiger partial charge in [-0.15, -0.1) is 0 Å². The first-order valence-electron chi connectivity index (χ1n) is 16.9. The number of carboxylic acids is 1. The third kappa shape index (κ3) is 9.60. The predicted molar refractivity (Wildman–Crippen MR) is 184 cm³/mol. The number of carbonyl (C=O) groups is 2. The highest BCUT2D eigenvalue weighted by Gasteiger charge is 2.52. The number of ether oxygens (including phenoxy) is 1. The van der Waals surface area contributed by atoms with Crippen LogP contribution in [0.5, 0.6) is 5.75 Å². The van der Waals surface area contributed by atoms with Gasteiger partial charge in [-0.05, 0) is 78.6 Å². The fourth-order valence-corrected chi connectivity index (χ4v) is 8.08. The van der Waals surface area contributed by atoms with Gasteiger partial charge in [0.15, 0.2) is 6.04 Å². The molecule has 1 saturated carbocycles. The summed E-state index contributed by atoms with van der Waals surface area (Å²) in [4.78, 5) is 24.0. The van der Waals surface area contributed by atoms with E-state index in [1.165, 1.54) is 72.7 Å². The Kier molecular flexibility index (Phi) is 12.5. The smallest absolute Gasteiger partial charge is 0.490 e. The van der Waals surface area contributed by atoms with E-state index in [0.29, 0.717) is 54.9 Å². The molecule has 0 aromatic heterocycles. The highest BCUT2D eigenvalue weighted by Crippen LogP contribution is 2.37. The van der Waals surface area contributed by atoms with Crippen LogP contribution < -0.4 is 14.8 Å². The maximum atomic E-state index is 16.4. The number of benzene rings is 3. The van der Waals surface area contributed by atoms with E-state index < -0.39 is 45.6 Å². The van der Waals surface area contributed by atoms with Crippen molar-refractivity contribution in [3.63, 3.8) is 0 Å². The van der Waals surface area contributed by atoms with Gasteiger partial charge in [-0.2, -0.15) is 26.7 Å². The van der Waals surface area contributed by atoms with Gasteiger partial charge < -0.3 is 20.1 Å². The second-order valence-electron chi connectivity index (χ2n) is 13.2. The van der Waals surface area contributed by atoms with Crippen LogP contribution in [-0.4, -0.2) is 74.8 Å². The van der Waals surface area contributed by atoms with Crippen molar-refractivity contribution in [1.82, 2.24) is 14.9 Å². The zero-order valence-electron chi connectivity index (χ0n) is 27.9. The number of sulfonamides is 1. The number of carbonyl (C=O) groups excluding carboxylic acids is 1. The van der Waals surface area contributed by atoms with E-state index in [0.717, 1.165) is 18.4 Å². The molecular weight excluding hydrogens is 733 g/mol. The summed E-state index contributed by atoms with van der Waals surface area (Å²) in [5.74, 6) is -6.41. The van der Waals surface area contributed by atoms with Gasteiger partial charge in [-0.3, -0.25) is 4.79 Å². The summed E-state index contributed by atoms with van der Waals surface area (Å²) in [7, 11) is -4.52. The second-order valence-corrected chi connectivity index (χ2v) is 15.3. The summed E-state index contributed by atoms with van der Waals surface area (Å²) in [6.45, 7) is 2.03. The SMILES string of the molecule is O=C(O)C(F)(F)F.O=C([C@@H](NS(=O)(=O)c1ccc(OCC2CCCCC2)cc1)C(F)(F)c1ccc(-c2ccc(Cl)cc2)cc1)N1CC[C@@H]2CNC[C@@H]21.